The molecule has 2 atom stereocenters. The molecule has 1 fully saturated rings. The first kappa shape index (κ1) is 17.1. The second-order valence-corrected chi connectivity index (χ2v) is 6.21. The minimum atomic E-state index is -0.604. The highest BCUT2D eigenvalue weighted by Gasteiger charge is 2.37. The summed E-state index contributed by atoms with van der Waals surface area (Å²) in [6, 6.07) is 6.49. The molecule has 22 heavy (non-hydrogen) atoms. The molecule has 0 aliphatic carbocycles. The van der Waals surface area contributed by atoms with Crippen molar-refractivity contribution in [3.8, 4) is 0 Å². The van der Waals surface area contributed by atoms with Crippen molar-refractivity contribution >= 4 is 6.08 Å². The van der Waals surface area contributed by atoms with Crippen LogP contribution in [0, 0.1) is 11.7 Å². The van der Waals surface area contributed by atoms with Gasteiger partial charge in [-0.05, 0) is 36.5 Å². The van der Waals surface area contributed by atoms with Crippen molar-refractivity contribution in [1.29, 1.82) is 0 Å². The van der Waals surface area contributed by atoms with E-state index in [1.54, 1.807) is 19.2 Å². The normalized spacial score (nSPS) is 26.6. The number of hydrogen-bond acceptors (Lipinski definition) is 3. The van der Waals surface area contributed by atoms with Gasteiger partial charge >= 0.3 is 0 Å². The van der Waals surface area contributed by atoms with Crippen LogP contribution in [0.25, 0.3) is 6.08 Å². The summed E-state index contributed by atoms with van der Waals surface area (Å²) in [5.74, 6) is 0.0213. The smallest absolute Gasteiger partial charge is 0.123 e. The fourth-order valence-electron chi connectivity index (χ4n) is 2.97. The number of hydrogen-bond donors (Lipinski definition) is 1. The number of methoxy groups -OCH3 is 1. The molecule has 2 rings (SSSR count). The fourth-order valence-corrected chi connectivity index (χ4v) is 2.97. The predicted molar refractivity (Wildman–Crippen MR) is 87.1 cm³/mol. The number of rotatable bonds is 6. The molecule has 0 bridgehead atoms. The Morgan fingerprint density at radius 1 is 1.41 bits per heavy atom. The third-order valence-corrected chi connectivity index (χ3v) is 4.59. The van der Waals surface area contributed by atoms with E-state index in [4.69, 9.17) is 4.74 Å². The third kappa shape index (κ3) is 4.63. The summed E-state index contributed by atoms with van der Waals surface area (Å²) < 4.78 is 17.9. The Bertz CT molecular complexity index is 488. The van der Waals surface area contributed by atoms with Crippen LogP contribution in [0.1, 0.15) is 25.3 Å². The number of benzene rings is 1. The lowest BCUT2D eigenvalue weighted by Gasteiger charge is -2.43. The molecule has 0 spiro atoms. The Morgan fingerprint density at radius 3 is 2.77 bits per heavy atom. The van der Waals surface area contributed by atoms with Crippen molar-refractivity contribution in [3.63, 3.8) is 0 Å². The van der Waals surface area contributed by atoms with E-state index in [-0.39, 0.29) is 11.7 Å². The zero-order valence-electron chi connectivity index (χ0n) is 13.5. The molecule has 0 aromatic heterocycles. The molecule has 4 heteroatoms. The lowest BCUT2D eigenvalue weighted by atomic mass is 9.80. The van der Waals surface area contributed by atoms with Crippen LogP contribution in [0.3, 0.4) is 0 Å². The van der Waals surface area contributed by atoms with Gasteiger partial charge in [-0.25, -0.2) is 4.39 Å². The first-order chi connectivity index (χ1) is 10.5. The Labute approximate surface area is 132 Å². The van der Waals surface area contributed by atoms with Gasteiger partial charge in [-0.3, -0.25) is 4.90 Å². The van der Waals surface area contributed by atoms with Crippen LogP contribution in [-0.2, 0) is 4.74 Å². The zero-order valence-corrected chi connectivity index (χ0v) is 13.5. The SMILES string of the molecule is COCC[C@]1(O)CCN(CC=Cc2ccc(F)cc2)C[C@H]1C. The van der Waals surface area contributed by atoms with Crippen molar-refractivity contribution in [2.45, 2.75) is 25.4 Å². The van der Waals surface area contributed by atoms with Gasteiger partial charge in [-0.2, -0.15) is 0 Å². The highest BCUT2D eigenvalue weighted by atomic mass is 19.1. The lowest BCUT2D eigenvalue weighted by Crippen LogP contribution is -2.51. The number of piperidine rings is 1. The van der Waals surface area contributed by atoms with E-state index in [2.05, 4.69) is 17.9 Å². The van der Waals surface area contributed by atoms with E-state index in [0.29, 0.717) is 13.0 Å². The summed E-state index contributed by atoms with van der Waals surface area (Å²) in [6.45, 7) is 5.32. The Morgan fingerprint density at radius 2 is 2.14 bits per heavy atom. The van der Waals surface area contributed by atoms with Crippen molar-refractivity contribution in [2.75, 3.05) is 33.4 Å². The summed E-state index contributed by atoms with van der Waals surface area (Å²) in [7, 11) is 1.67. The van der Waals surface area contributed by atoms with Crippen molar-refractivity contribution in [3.05, 3.63) is 41.7 Å². The van der Waals surface area contributed by atoms with Gasteiger partial charge in [0.15, 0.2) is 0 Å². The van der Waals surface area contributed by atoms with E-state index in [9.17, 15) is 9.50 Å². The zero-order chi connectivity index (χ0) is 16.0. The largest absolute Gasteiger partial charge is 0.389 e. The molecule has 1 N–H and O–H groups in total. The predicted octanol–water partition coefficient (Wildman–Crippen LogP) is 2.95. The molecule has 0 amide bonds. The highest BCUT2D eigenvalue weighted by Crippen LogP contribution is 2.30. The molecule has 1 aromatic rings. The van der Waals surface area contributed by atoms with Gasteiger partial charge in [-0.15, -0.1) is 0 Å². The van der Waals surface area contributed by atoms with Gasteiger partial charge < -0.3 is 9.84 Å². The molecule has 1 aliphatic rings. The van der Waals surface area contributed by atoms with Crippen LogP contribution in [0.2, 0.25) is 0 Å². The average Bonchev–Trinajstić information content (AvgIpc) is 2.51. The van der Waals surface area contributed by atoms with Gasteiger partial charge in [0.2, 0.25) is 0 Å². The number of likely N-dealkylation sites (tertiary alicyclic amines) is 1. The summed E-state index contributed by atoms with van der Waals surface area (Å²) in [4.78, 5) is 2.34. The topological polar surface area (TPSA) is 32.7 Å². The van der Waals surface area contributed by atoms with Gasteiger partial charge in [0, 0.05) is 33.4 Å². The van der Waals surface area contributed by atoms with Crippen LogP contribution in [0.5, 0.6) is 0 Å². The Balaban J connectivity index is 1.82. The molecular formula is C18H26FNO2. The molecule has 1 aliphatic heterocycles. The van der Waals surface area contributed by atoms with E-state index < -0.39 is 5.60 Å². The molecule has 1 saturated heterocycles. The Kier molecular flexibility index (Phi) is 6.12. The van der Waals surface area contributed by atoms with E-state index in [0.717, 1.165) is 31.6 Å². The fraction of sp³-hybridized carbons (Fsp3) is 0.556. The monoisotopic (exact) mass is 307 g/mol. The first-order valence-corrected chi connectivity index (χ1v) is 7.89. The van der Waals surface area contributed by atoms with E-state index in [1.165, 1.54) is 12.1 Å². The van der Waals surface area contributed by atoms with Crippen molar-refractivity contribution in [2.24, 2.45) is 5.92 Å². The van der Waals surface area contributed by atoms with Crippen LogP contribution in [-0.4, -0.2) is 49.0 Å². The van der Waals surface area contributed by atoms with Crippen molar-refractivity contribution in [1.82, 2.24) is 4.90 Å². The summed E-state index contributed by atoms with van der Waals surface area (Å²) >= 11 is 0. The lowest BCUT2D eigenvalue weighted by molar-refractivity contribution is -0.0793. The minimum absolute atomic E-state index is 0.211. The van der Waals surface area contributed by atoms with Gasteiger partial charge in [0.05, 0.1) is 5.60 Å². The quantitative estimate of drug-likeness (QED) is 0.877. The molecule has 0 unspecified atom stereocenters. The van der Waals surface area contributed by atoms with Crippen LogP contribution < -0.4 is 0 Å². The van der Waals surface area contributed by atoms with Crippen LogP contribution >= 0.6 is 0 Å². The summed E-state index contributed by atoms with van der Waals surface area (Å²) in [6.07, 6.45) is 5.58. The maximum Gasteiger partial charge on any atom is 0.123 e. The van der Waals surface area contributed by atoms with Gasteiger partial charge in [-0.1, -0.05) is 31.2 Å². The number of nitrogens with zero attached hydrogens (tertiary/aromatic N) is 1. The second-order valence-electron chi connectivity index (χ2n) is 6.21. The molecule has 122 valence electrons. The highest BCUT2D eigenvalue weighted by molar-refractivity contribution is 5.48. The van der Waals surface area contributed by atoms with Gasteiger partial charge in [0.1, 0.15) is 5.82 Å². The number of ether oxygens (including phenoxy) is 1. The molecule has 0 radical (unpaired) electrons. The van der Waals surface area contributed by atoms with E-state index >= 15 is 0 Å². The molecular weight excluding hydrogens is 281 g/mol. The molecule has 3 nitrogen and oxygen atoms in total. The third-order valence-electron chi connectivity index (χ3n) is 4.59. The first-order valence-electron chi connectivity index (χ1n) is 7.89. The number of aliphatic hydroxyl groups is 1. The van der Waals surface area contributed by atoms with Crippen LogP contribution in [0.4, 0.5) is 4.39 Å². The van der Waals surface area contributed by atoms with Gasteiger partial charge in [0.25, 0.3) is 0 Å². The van der Waals surface area contributed by atoms with Crippen LogP contribution in [0.15, 0.2) is 30.3 Å². The maximum absolute atomic E-state index is 12.8. The van der Waals surface area contributed by atoms with E-state index in [1.807, 2.05) is 6.08 Å². The molecule has 0 saturated carbocycles. The number of halogens is 1. The second kappa shape index (κ2) is 7.86. The minimum Gasteiger partial charge on any atom is -0.389 e. The summed E-state index contributed by atoms with van der Waals surface area (Å²) in [5.41, 5.74) is 0.399. The Hall–Kier alpha value is -1.23. The average molecular weight is 307 g/mol. The standard InChI is InChI=1S/C18H26FNO2/c1-15-14-20(12-9-18(15,21)10-13-22-2)11-3-4-16-5-7-17(19)8-6-16/h3-8,15,21H,9-14H2,1-2H3/t15-,18-/m1/s1. The molecule has 1 aromatic carbocycles. The molecule has 1 heterocycles. The maximum atomic E-state index is 12.8. The summed E-state index contributed by atoms with van der Waals surface area (Å²) in [5, 5.41) is 10.7. The van der Waals surface area contributed by atoms with Crippen molar-refractivity contribution < 1.29 is 14.2 Å².